The lowest BCUT2D eigenvalue weighted by atomic mass is 9.99. The maximum Gasteiger partial charge on any atom is 0.322 e. The number of carbonyl (C=O) groups excluding carboxylic acids is 1. The van der Waals surface area contributed by atoms with E-state index in [-0.39, 0.29) is 34.8 Å². The van der Waals surface area contributed by atoms with Gasteiger partial charge in [0.15, 0.2) is 9.84 Å². The van der Waals surface area contributed by atoms with Gasteiger partial charge in [0.1, 0.15) is 5.82 Å². The van der Waals surface area contributed by atoms with Crippen molar-refractivity contribution in [3.05, 3.63) is 54.3 Å². The number of sulfone groups is 1. The molecule has 0 spiro atoms. The van der Waals surface area contributed by atoms with Crippen molar-refractivity contribution in [1.82, 2.24) is 14.5 Å². The fourth-order valence-corrected chi connectivity index (χ4v) is 5.78. The first-order valence-corrected chi connectivity index (χ1v) is 13.6. The second-order valence-electron chi connectivity index (χ2n) is 7.86. The molecule has 1 aromatic heterocycles. The lowest BCUT2D eigenvalue weighted by molar-refractivity contribution is -0.121. The number of hydrogen-bond donors (Lipinski definition) is 1. The molecule has 1 aliphatic rings. The number of sulfonamides is 1. The van der Waals surface area contributed by atoms with Crippen LogP contribution in [0.1, 0.15) is 12.8 Å². The van der Waals surface area contributed by atoms with Crippen LogP contribution in [-0.4, -0.2) is 56.6 Å². The summed E-state index contributed by atoms with van der Waals surface area (Å²) in [6.07, 6.45) is 2.00. The number of piperidine rings is 1. The third-order valence-corrected chi connectivity index (χ3v) is 8.36. The molecular formula is C21H21FN4O6S2. The van der Waals surface area contributed by atoms with Crippen molar-refractivity contribution in [3.63, 3.8) is 0 Å². The highest BCUT2D eigenvalue weighted by Gasteiger charge is 2.34. The minimum absolute atomic E-state index is 0.0185. The van der Waals surface area contributed by atoms with Crippen molar-refractivity contribution in [3.8, 4) is 11.5 Å². The summed E-state index contributed by atoms with van der Waals surface area (Å²) in [4.78, 5) is 12.8. The number of nitrogens with zero attached hydrogens (tertiary/aromatic N) is 3. The molecule has 13 heteroatoms. The smallest absolute Gasteiger partial charge is 0.322 e. The topological polar surface area (TPSA) is 140 Å². The second-order valence-corrected chi connectivity index (χ2v) is 11.8. The fraction of sp³-hybridized carbons (Fsp3) is 0.286. The average Bonchev–Trinajstić information content (AvgIpc) is 3.27. The predicted molar refractivity (Wildman–Crippen MR) is 119 cm³/mol. The number of rotatable bonds is 6. The molecule has 1 aliphatic heterocycles. The first-order chi connectivity index (χ1) is 16.0. The number of halogens is 1. The van der Waals surface area contributed by atoms with E-state index in [0.29, 0.717) is 18.4 Å². The van der Waals surface area contributed by atoms with E-state index in [1.807, 2.05) is 0 Å². The molecule has 1 unspecified atom stereocenters. The Morgan fingerprint density at radius 2 is 1.82 bits per heavy atom. The number of carbonyl (C=O) groups is 1. The van der Waals surface area contributed by atoms with Crippen LogP contribution in [0, 0.1) is 11.7 Å². The molecule has 2 heterocycles. The number of aromatic nitrogens is 2. The van der Waals surface area contributed by atoms with Gasteiger partial charge in [0.2, 0.25) is 21.8 Å². The number of nitrogens with one attached hydrogen (secondary N) is 1. The summed E-state index contributed by atoms with van der Waals surface area (Å²) >= 11 is 0. The van der Waals surface area contributed by atoms with E-state index in [2.05, 4.69) is 15.5 Å². The first-order valence-electron chi connectivity index (χ1n) is 10.2. The van der Waals surface area contributed by atoms with Gasteiger partial charge in [-0.05, 0) is 55.3 Å². The average molecular weight is 509 g/mol. The molecule has 2 aromatic carbocycles. The van der Waals surface area contributed by atoms with Crippen LogP contribution in [-0.2, 0) is 24.7 Å². The fourth-order valence-electron chi connectivity index (χ4n) is 3.59. The van der Waals surface area contributed by atoms with Gasteiger partial charge in [-0.2, -0.15) is 4.31 Å². The maximum absolute atomic E-state index is 13.2. The minimum Gasteiger partial charge on any atom is -0.403 e. The summed E-state index contributed by atoms with van der Waals surface area (Å²) in [6, 6.07) is 10.3. The molecule has 1 amide bonds. The van der Waals surface area contributed by atoms with Crippen LogP contribution in [0.4, 0.5) is 10.4 Å². The van der Waals surface area contributed by atoms with E-state index >= 15 is 0 Å². The van der Waals surface area contributed by atoms with Crippen molar-refractivity contribution >= 4 is 31.8 Å². The lowest BCUT2D eigenvalue weighted by Gasteiger charge is -2.30. The Bertz CT molecular complexity index is 1420. The number of anilines is 1. The van der Waals surface area contributed by atoms with Crippen molar-refractivity contribution in [2.45, 2.75) is 22.6 Å². The highest BCUT2D eigenvalue weighted by Crippen LogP contribution is 2.26. The third-order valence-electron chi connectivity index (χ3n) is 5.37. The van der Waals surface area contributed by atoms with E-state index in [9.17, 15) is 26.0 Å². The Labute approximate surface area is 195 Å². The van der Waals surface area contributed by atoms with Crippen LogP contribution in [0.25, 0.3) is 11.5 Å². The van der Waals surface area contributed by atoms with Crippen molar-refractivity contribution in [2.75, 3.05) is 24.7 Å². The molecule has 1 N–H and O–H groups in total. The molecule has 0 radical (unpaired) electrons. The normalized spacial score (nSPS) is 17.4. The number of benzene rings is 2. The van der Waals surface area contributed by atoms with Gasteiger partial charge in [-0.1, -0.05) is 11.2 Å². The van der Waals surface area contributed by atoms with Gasteiger partial charge < -0.3 is 4.42 Å². The van der Waals surface area contributed by atoms with Crippen LogP contribution in [0.3, 0.4) is 0 Å². The molecule has 0 saturated carbocycles. The highest BCUT2D eigenvalue weighted by atomic mass is 32.2. The SMILES string of the molecule is CS(=O)(=O)c1cccc(-c2nnc(NC(=O)C3CCCN(S(=O)(=O)c4ccc(F)cc4)C3)o2)c1. The van der Waals surface area contributed by atoms with Crippen molar-refractivity contribution in [2.24, 2.45) is 5.92 Å². The zero-order valence-corrected chi connectivity index (χ0v) is 19.6. The van der Waals surface area contributed by atoms with Crippen LogP contribution in [0.5, 0.6) is 0 Å². The molecule has 180 valence electrons. The van der Waals surface area contributed by atoms with E-state index in [0.717, 1.165) is 18.4 Å². The molecule has 1 saturated heterocycles. The molecule has 10 nitrogen and oxygen atoms in total. The maximum atomic E-state index is 13.2. The monoisotopic (exact) mass is 508 g/mol. The van der Waals surface area contributed by atoms with Gasteiger partial charge in [0.05, 0.1) is 15.7 Å². The Morgan fingerprint density at radius 3 is 2.53 bits per heavy atom. The predicted octanol–water partition coefficient (Wildman–Crippen LogP) is 2.32. The Balaban J connectivity index is 1.45. The molecule has 4 rings (SSSR count). The van der Waals surface area contributed by atoms with Crippen LogP contribution in [0.15, 0.2) is 62.7 Å². The van der Waals surface area contributed by atoms with Gasteiger partial charge in [-0.3, -0.25) is 10.1 Å². The Hall–Kier alpha value is -3.16. The van der Waals surface area contributed by atoms with Crippen LogP contribution in [0.2, 0.25) is 0 Å². The molecule has 0 aliphatic carbocycles. The summed E-state index contributed by atoms with van der Waals surface area (Å²) in [7, 11) is -7.31. The minimum atomic E-state index is -3.88. The number of hydrogen-bond acceptors (Lipinski definition) is 8. The first kappa shape index (κ1) is 24.0. The third kappa shape index (κ3) is 5.16. The molecule has 1 fully saturated rings. The summed E-state index contributed by atoms with van der Waals surface area (Å²) in [5, 5.41) is 10.1. The van der Waals surface area contributed by atoms with Crippen molar-refractivity contribution in [1.29, 1.82) is 0 Å². The molecule has 3 aromatic rings. The zero-order valence-electron chi connectivity index (χ0n) is 18.0. The quantitative estimate of drug-likeness (QED) is 0.535. The molecular weight excluding hydrogens is 487 g/mol. The molecule has 0 bridgehead atoms. The lowest BCUT2D eigenvalue weighted by Crippen LogP contribution is -2.43. The zero-order chi connectivity index (χ0) is 24.5. The summed E-state index contributed by atoms with van der Waals surface area (Å²) in [5.74, 6) is -1.67. The van der Waals surface area contributed by atoms with E-state index in [1.54, 1.807) is 6.07 Å². The van der Waals surface area contributed by atoms with Gasteiger partial charge in [-0.15, -0.1) is 5.10 Å². The standard InChI is InChI=1S/C21H21FN4O6S2/c1-33(28,29)18-6-2-4-14(12-18)20-24-25-21(32-20)23-19(27)15-5-3-11-26(13-15)34(30,31)17-9-7-16(22)8-10-17/h2,4,6-10,12,15H,3,5,11,13H2,1H3,(H,23,25,27). The summed E-state index contributed by atoms with van der Waals surface area (Å²) < 4.78 is 69.1. The Kier molecular flexibility index (Phi) is 6.51. The Morgan fingerprint density at radius 1 is 1.09 bits per heavy atom. The van der Waals surface area contributed by atoms with E-state index in [1.165, 1.54) is 34.6 Å². The summed E-state index contributed by atoms with van der Waals surface area (Å²) in [6.45, 7) is 0.188. The van der Waals surface area contributed by atoms with Gasteiger partial charge in [0, 0.05) is 24.9 Å². The van der Waals surface area contributed by atoms with Gasteiger partial charge in [0.25, 0.3) is 0 Å². The molecule has 34 heavy (non-hydrogen) atoms. The van der Waals surface area contributed by atoms with Gasteiger partial charge >= 0.3 is 6.01 Å². The van der Waals surface area contributed by atoms with Crippen molar-refractivity contribution < 1.29 is 30.4 Å². The van der Waals surface area contributed by atoms with E-state index < -0.39 is 37.5 Å². The second kappa shape index (κ2) is 9.24. The molecule has 1 atom stereocenters. The van der Waals surface area contributed by atoms with Gasteiger partial charge in [-0.25, -0.2) is 21.2 Å². The van der Waals surface area contributed by atoms with Crippen LogP contribution >= 0.6 is 0 Å². The number of amides is 1. The summed E-state index contributed by atoms with van der Waals surface area (Å²) in [5.41, 5.74) is 0.366. The largest absolute Gasteiger partial charge is 0.403 e. The van der Waals surface area contributed by atoms with Crippen LogP contribution < -0.4 is 5.32 Å². The van der Waals surface area contributed by atoms with E-state index in [4.69, 9.17) is 4.42 Å². The highest BCUT2D eigenvalue weighted by molar-refractivity contribution is 7.90.